The van der Waals surface area contributed by atoms with Crippen LogP contribution in [0.5, 0.6) is 0 Å². The number of carbonyl (C=O) groups excluding carboxylic acids is 1. The molecule has 1 aliphatic carbocycles. The third-order valence-corrected chi connectivity index (χ3v) is 3.53. The van der Waals surface area contributed by atoms with E-state index in [-0.39, 0.29) is 18.4 Å². The Balaban J connectivity index is 2.40. The Hall–Kier alpha value is -1.27. The van der Waals surface area contributed by atoms with Crippen LogP contribution in [-0.4, -0.2) is 41.7 Å². The van der Waals surface area contributed by atoms with Gasteiger partial charge in [-0.2, -0.15) is 13.2 Å². The Morgan fingerprint density at radius 3 is 2.05 bits per heavy atom. The minimum absolute atomic E-state index is 0.312. The lowest BCUT2D eigenvalue weighted by molar-refractivity contribution is -0.149. The zero-order valence-electron chi connectivity index (χ0n) is 10.7. The number of alkyl halides is 3. The van der Waals surface area contributed by atoms with E-state index in [9.17, 15) is 22.8 Å². The summed E-state index contributed by atoms with van der Waals surface area (Å²) in [5, 5.41) is 8.83. The molecule has 0 aromatic heterocycles. The Bertz CT molecular complexity index is 336. The van der Waals surface area contributed by atoms with Gasteiger partial charge in [0.05, 0.1) is 12.3 Å². The molecule has 0 aromatic carbocycles. The maximum atomic E-state index is 12.1. The smallest absolute Gasteiger partial charge is 0.390 e. The quantitative estimate of drug-likeness (QED) is 0.860. The van der Waals surface area contributed by atoms with Crippen molar-refractivity contribution in [1.82, 2.24) is 4.90 Å². The molecule has 7 heteroatoms. The number of hydrogen-bond donors (Lipinski definition) is 1. The molecule has 0 radical (unpaired) electrons. The van der Waals surface area contributed by atoms with Crippen LogP contribution in [0.4, 0.5) is 13.2 Å². The minimum Gasteiger partial charge on any atom is -0.481 e. The number of nitrogens with zero attached hydrogens (tertiary/aromatic N) is 1. The van der Waals surface area contributed by atoms with Crippen LogP contribution in [0.15, 0.2) is 0 Å². The van der Waals surface area contributed by atoms with Crippen LogP contribution in [0.3, 0.4) is 0 Å². The molecule has 1 aliphatic rings. The molecule has 0 unspecified atom stereocenters. The summed E-state index contributed by atoms with van der Waals surface area (Å²) in [7, 11) is 1.36. The highest BCUT2D eigenvalue weighted by atomic mass is 19.4. The number of carboxylic acid groups (broad SMARTS) is 1. The molecule has 0 aromatic rings. The average molecular weight is 281 g/mol. The van der Waals surface area contributed by atoms with Gasteiger partial charge in [-0.25, -0.2) is 0 Å². The van der Waals surface area contributed by atoms with E-state index < -0.39 is 24.5 Å². The van der Waals surface area contributed by atoms with Gasteiger partial charge in [0.25, 0.3) is 0 Å². The molecule has 1 rings (SSSR count). The molecule has 0 aliphatic heterocycles. The average Bonchev–Trinajstić information content (AvgIpc) is 2.34. The number of amides is 1. The van der Waals surface area contributed by atoms with Gasteiger partial charge in [0.15, 0.2) is 0 Å². The Morgan fingerprint density at radius 2 is 1.63 bits per heavy atom. The molecular weight excluding hydrogens is 263 g/mol. The second kappa shape index (κ2) is 6.25. The van der Waals surface area contributed by atoms with E-state index in [2.05, 4.69) is 0 Å². The fourth-order valence-electron chi connectivity index (χ4n) is 2.30. The van der Waals surface area contributed by atoms with E-state index in [1.165, 1.54) is 7.05 Å². The minimum atomic E-state index is -4.27. The summed E-state index contributed by atoms with van der Waals surface area (Å²) in [6.45, 7) is -0.346. The number of aliphatic carboxylic acids is 1. The van der Waals surface area contributed by atoms with Gasteiger partial charge in [0.2, 0.25) is 5.91 Å². The molecule has 0 bridgehead atoms. The first-order valence-corrected chi connectivity index (χ1v) is 6.25. The van der Waals surface area contributed by atoms with Crippen molar-refractivity contribution in [3.63, 3.8) is 0 Å². The first kappa shape index (κ1) is 15.8. The fraction of sp³-hybridized carbons (Fsp3) is 0.833. The SMILES string of the molecule is CN(CCC(F)(F)F)C(=O)C1CCC(C(=O)O)CC1. The molecule has 0 spiro atoms. The standard InChI is InChI=1S/C12H18F3NO3/c1-16(7-6-12(13,14)15)10(17)8-2-4-9(5-3-8)11(18)19/h8-9H,2-7H2,1H3,(H,18,19). The zero-order chi connectivity index (χ0) is 14.6. The normalized spacial score (nSPS) is 24.0. The van der Waals surface area contributed by atoms with Crippen LogP contribution in [0.1, 0.15) is 32.1 Å². The third-order valence-electron chi connectivity index (χ3n) is 3.53. The number of carboxylic acids is 1. The summed E-state index contributed by atoms with van der Waals surface area (Å²) in [5.41, 5.74) is 0. The van der Waals surface area contributed by atoms with Crippen molar-refractivity contribution >= 4 is 11.9 Å². The number of hydrogen-bond acceptors (Lipinski definition) is 2. The van der Waals surface area contributed by atoms with Crippen LogP contribution < -0.4 is 0 Å². The van der Waals surface area contributed by atoms with Gasteiger partial charge in [-0.15, -0.1) is 0 Å². The Morgan fingerprint density at radius 1 is 1.16 bits per heavy atom. The van der Waals surface area contributed by atoms with Gasteiger partial charge in [-0.3, -0.25) is 9.59 Å². The van der Waals surface area contributed by atoms with Crippen molar-refractivity contribution < 1.29 is 27.9 Å². The van der Waals surface area contributed by atoms with Gasteiger partial charge in [0, 0.05) is 19.5 Å². The molecule has 1 amide bonds. The lowest BCUT2D eigenvalue weighted by atomic mass is 9.81. The van der Waals surface area contributed by atoms with E-state index in [0.29, 0.717) is 25.7 Å². The van der Waals surface area contributed by atoms with E-state index in [1.54, 1.807) is 0 Å². The summed E-state index contributed by atoms with van der Waals surface area (Å²) in [4.78, 5) is 23.8. The summed E-state index contributed by atoms with van der Waals surface area (Å²) in [6.07, 6.45) is -3.58. The Kier molecular flexibility index (Phi) is 5.20. The van der Waals surface area contributed by atoms with Gasteiger partial charge < -0.3 is 10.0 Å². The van der Waals surface area contributed by atoms with Crippen LogP contribution in [0, 0.1) is 11.8 Å². The predicted molar refractivity (Wildman–Crippen MR) is 61.4 cm³/mol. The summed E-state index contributed by atoms with van der Waals surface area (Å²) >= 11 is 0. The molecular formula is C12H18F3NO3. The zero-order valence-corrected chi connectivity index (χ0v) is 10.7. The molecule has 1 N–H and O–H groups in total. The topological polar surface area (TPSA) is 57.6 Å². The lowest BCUT2D eigenvalue weighted by Gasteiger charge is -2.29. The second-order valence-electron chi connectivity index (χ2n) is 5.01. The van der Waals surface area contributed by atoms with E-state index in [4.69, 9.17) is 5.11 Å². The lowest BCUT2D eigenvalue weighted by Crippen LogP contribution is -2.37. The van der Waals surface area contributed by atoms with Crippen molar-refractivity contribution in [3.05, 3.63) is 0 Å². The molecule has 4 nitrogen and oxygen atoms in total. The highest BCUT2D eigenvalue weighted by molar-refractivity contribution is 5.79. The largest absolute Gasteiger partial charge is 0.481 e. The molecule has 0 heterocycles. The summed E-state index contributed by atoms with van der Waals surface area (Å²) in [6, 6.07) is 0. The number of halogens is 3. The summed E-state index contributed by atoms with van der Waals surface area (Å²) in [5.74, 6) is -1.94. The molecule has 0 saturated heterocycles. The second-order valence-corrected chi connectivity index (χ2v) is 5.01. The monoisotopic (exact) mass is 281 g/mol. The molecule has 110 valence electrons. The van der Waals surface area contributed by atoms with Gasteiger partial charge in [0.1, 0.15) is 0 Å². The molecule has 1 saturated carbocycles. The maximum Gasteiger partial charge on any atom is 0.390 e. The van der Waals surface area contributed by atoms with Gasteiger partial charge in [-0.05, 0) is 25.7 Å². The first-order valence-electron chi connectivity index (χ1n) is 6.25. The third kappa shape index (κ3) is 5.08. The van der Waals surface area contributed by atoms with Crippen LogP contribution in [0.25, 0.3) is 0 Å². The van der Waals surface area contributed by atoms with Gasteiger partial charge >= 0.3 is 12.1 Å². The van der Waals surface area contributed by atoms with E-state index in [1.807, 2.05) is 0 Å². The molecule has 1 fully saturated rings. The van der Waals surface area contributed by atoms with Crippen molar-refractivity contribution in [2.24, 2.45) is 11.8 Å². The van der Waals surface area contributed by atoms with Crippen molar-refractivity contribution in [3.8, 4) is 0 Å². The predicted octanol–water partition coefficient (Wildman–Crippen LogP) is 2.29. The Labute approximate surface area is 109 Å². The molecule has 0 atom stereocenters. The highest BCUT2D eigenvalue weighted by Crippen LogP contribution is 2.30. The number of carbonyl (C=O) groups is 2. The fourth-order valence-corrected chi connectivity index (χ4v) is 2.30. The van der Waals surface area contributed by atoms with E-state index >= 15 is 0 Å². The van der Waals surface area contributed by atoms with Crippen LogP contribution in [0.2, 0.25) is 0 Å². The van der Waals surface area contributed by atoms with Crippen LogP contribution in [-0.2, 0) is 9.59 Å². The van der Waals surface area contributed by atoms with Gasteiger partial charge in [-0.1, -0.05) is 0 Å². The van der Waals surface area contributed by atoms with E-state index in [0.717, 1.165) is 4.90 Å². The number of rotatable bonds is 4. The molecule has 19 heavy (non-hydrogen) atoms. The summed E-state index contributed by atoms with van der Waals surface area (Å²) < 4.78 is 36.2. The highest BCUT2D eigenvalue weighted by Gasteiger charge is 2.33. The maximum absolute atomic E-state index is 12.1. The van der Waals surface area contributed by atoms with Crippen LogP contribution >= 0.6 is 0 Å². The van der Waals surface area contributed by atoms with Crippen molar-refractivity contribution in [2.75, 3.05) is 13.6 Å². The van der Waals surface area contributed by atoms with Crippen molar-refractivity contribution in [2.45, 2.75) is 38.3 Å². The van der Waals surface area contributed by atoms with Crippen molar-refractivity contribution in [1.29, 1.82) is 0 Å². The first-order chi connectivity index (χ1) is 8.70.